The molecule has 2 rings (SSSR count). The Morgan fingerprint density at radius 2 is 1.73 bits per heavy atom. The van der Waals surface area contributed by atoms with E-state index < -0.39 is 0 Å². The molecule has 0 saturated carbocycles. The van der Waals surface area contributed by atoms with Gasteiger partial charge in [-0.1, -0.05) is 24.3 Å². The van der Waals surface area contributed by atoms with Crippen molar-refractivity contribution in [2.75, 3.05) is 26.6 Å². The predicted molar refractivity (Wildman–Crippen MR) is 102 cm³/mol. The van der Waals surface area contributed by atoms with Gasteiger partial charge in [-0.05, 0) is 36.8 Å². The van der Waals surface area contributed by atoms with E-state index >= 15 is 0 Å². The number of amides is 1. The first-order valence-electron chi connectivity index (χ1n) is 7.96. The Balaban J connectivity index is 2.05. The topological polar surface area (TPSA) is 69.7 Å². The molecular formula is C20H22N2O4. The Morgan fingerprint density at radius 1 is 1.04 bits per heavy atom. The molecule has 0 aliphatic rings. The zero-order valence-corrected chi connectivity index (χ0v) is 15.3. The molecule has 136 valence electrons. The molecule has 1 amide bonds. The van der Waals surface area contributed by atoms with Crippen LogP contribution in [0.25, 0.3) is 6.08 Å². The highest BCUT2D eigenvalue weighted by molar-refractivity contribution is 5.98. The van der Waals surface area contributed by atoms with E-state index in [0.29, 0.717) is 23.1 Å². The van der Waals surface area contributed by atoms with E-state index in [-0.39, 0.29) is 5.91 Å². The van der Waals surface area contributed by atoms with Crippen molar-refractivity contribution < 1.29 is 19.0 Å². The molecule has 0 atom stereocenters. The van der Waals surface area contributed by atoms with Gasteiger partial charge in [-0.2, -0.15) is 0 Å². The van der Waals surface area contributed by atoms with Crippen LogP contribution in [0.15, 0.2) is 48.6 Å². The lowest BCUT2D eigenvalue weighted by molar-refractivity contribution is -0.111. The van der Waals surface area contributed by atoms with Gasteiger partial charge >= 0.3 is 0 Å². The summed E-state index contributed by atoms with van der Waals surface area (Å²) in [5.41, 5.74) is 1.69. The zero-order chi connectivity index (χ0) is 18.9. The lowest BCUT2D eigenvalue weighted by Crippen LogP contribution is -2.09. The highest BCUT2D eigenvalue weighted by Gasteiger charge is 2.11. The number of pyridine rings is 1. The summed E-state index contributed by atoms with van der Waals surface area (Å²) in [6.45, 7) is 1.87. The van der Waals surface area contributed by atoms with Crippen LogP contribution in [0.1, 0.15) is 11.3 Å². The van der Waals surface area contributed by atoms with Crippen LogP contribution in [0.2, 0.25) is 0 Å². The number of hydrogen-bond donors (Lipinski definition) is 1. The number of allylic oxidation sites excluding steroid dienone is 2. The van der Waals surface area contributed by atoms with Gasteiger partial charge in [0.2, 0.25) is 11.7 Å². The van der Waals surface area contributed by atoms with Crippen LogP contribution in [-0.2, 0) is 4.79 Å². The van der Waals surface area contributed by atoms with E-state index in [4.69, 9.17) is 14.2 Å². The van der Waals surface area contributed by atoms with Crippen LogP contribution < -0.4 is 19.5 Å². The smallest absolute Gasteiger partial charge is 0.249 e. The summed E-state index contributed by atoms with van der Waals surface area (Å²) in [5, 5.41) is 2.71. The van der Waals surface area contributed by atoms with E-state index in [1.54, 1.807) is 39.5 Å². The number of nitrogens with one attached hydrogen (secondary N) is 1. The predicted octanol–water partition coefficient (Wildman–Crippen LogP) is 3.62. The average Bonchev–Trinajstić information content (AvgIpc) is 2.64. The fourth-order valence-corrected chi connectivity index (χ4v) is 2.29. The third kappa shape index (κ3) is 5.11. The quantitative estimate of drug-likeness (QED) is 0.607. The first-order valence-corrected chi connectivity index (χ1v) is 7.96. The largest absolute Gasteiger partial charge is 0.493 e. The number of carbonyl (C=O) groups excluding carboxylic acids is 1. The van der Waals surface area contributed by atoms with Gasteiger partial charge in [0, 0.05) is 11.8 Å². The molecule has 6 heteroatoms. The molecule has 0 aliphatic carbocycles. The number of anilines is 1. The fourth-order valence-electron chi connectivity index (χ4n) is 2.29. The van der Waals surface area contributed by atoms with E-state index in [2.05, 4.69) is 10.3 Å². The molecule has 0 radical (unpaired) electrons. The second-order valence-electron chi connectivity index (χ2n) is 5.33. The minimum Gasteiger partial charge on any atom is -0.493 e. The Bertz CT molecular complexity index is 803. The van der Waals surface area contributed by atoms with Gasteiger partial charge in [0.1, 0.15) is 5.82 Å². The first-order chi connectivity index (χ1) is 12.6. The van der Waals surface area contributed by atoms with E-state index in [9.17, 15) is 4.79 Å². The van der Waals surface area contributed by atoms with Gasteiger partial charge in [-0.25, -0.2) is 4.98 Å². The maximum Gasteiger partial charge on any atom is 0.249 e. The Hall–Kier alpha value is -3.28. The molecule has 6 nitrogen and oxygen atoms in total. The van der Waals surface area contributed by atoms with Crippen molar-refractivity contribution >= 4 is 17.8 Å². The van der Waals surface area contributed by atoms with Crippen LogP contribution >= 0.6 is 0 Å². The Kier molecular flexibility index (Phi) is 6.79. The lowest BCUT2D eigenvalue weighted by Gasteiger charge is -2.12. The van der Waals surface area contributed by atoms with Crippen molar-refractivity contribution in [3.05, 3.63) is 59.8 Å². The van der Waals surface area contributed by atoms with E-state index in [0.717, 1.165) is 11.3 Å². The molecule has 0 bridgehead atoms. The van der Waals surface area contributed by atoms with Crippen molar-refractivity contribution in [2.45, 2.75) is 6.92 Å². The van der Waals surface area contributed by atoms with Gasteiger partial charge in [-0.3, -0.25) is 4.79 Å². The summed E-state index contributed by atoms with van der Waals surface area (Å²) in [5.74, 6) is 1.94. The van der Waals surface area contributed by atoms with E-state index in [1.165, 1.54) is 6.08 Å². The first kappa shape index (κ1) is 19.1. The molecule has 1 aromatic heterocycles. The van der Waals surface area contributed by atoms with Crippen molar-refractivity contribution in [3.8, 4) is 17.2 Å². The molecule has 1 heterocycles. The standard InChI is InChI=1S/C20H22N2O4/c1-14-8-7-10-18(21-14)22-19(23)11-6-5-9-15-12-16(24-2)20(26-4)17(13-15)25-3/h5-13H,1-4H3,(H,21,22,23)/b9-5+,11-6+. The molecule has 0 spiro atoms. The molecule has 2 aromatic rings. The second kappa shape index (κ2) is 9.27. The molecule has 1 N–H and O–H groups in total. The zero-order valence-electron chi connectivity index (χ0n) is 15.3. The minimum absolute atomic E-state index is 0.252. The normalized spacial score (nSPS) is 10.9. The molecule has 0 saturated heterocycles. The van der Waals surface area contributed by atoms with Gasteiger partial charge in [0.25, 0.3) is 0 Å². The molecule has 0 unspecified atom stereocenters. The third-order valence-electron chi connectivity index (χ3n) is 3.47. The highest BCUT2D eigenvalue weighted by atomic mass is 16.5. The third-order valence-corrected chi connectivity index (χ3v) is 3.47. The van der Waals surface area contributed by atoms with Crippen LogP contribution in [0.5, 0.6) is 17.2 Å². The number of methoxy groups -OCH3 is 3. The van der Waals surface area contributed by atoms with Crippen LogP contribution in [0.3, 0.4) is 0 Å². The number of carbonyl (C=O) groups is 1. The van der Waals surface area contributed by atoms with Crippen molar-refractivity contribution in [3.63, 3.8) is 0 Å². The number of aromatic nitrogens is 1. The number of aryl methyl sites for hydroxylation is 1. The van der Waals surface area contributed by atoms with Gasteiger partial charge in [0.05, 0.1) is 21.3 Å². The van der Waals surface area contributed by atoms with Crippen LogP contribution in [-0.4, -0.2) is 32.2 Å². The van der Waals surface area contributed by atoms with Crippen LogP contribution in [0.4, 0.5) is 5.82 Å². The summed E-state index contributed by atoms with van der Waals surface area (Å²) >= 11 is 0. The minimum atomic E-state index is -0.252. The molecule has 0 aliphatic heterocycles. The molecule has 1 aromatic carbocycles. The Morgan fingerprint density at radius 3 is 2.31 bits per heavy atom. The summed E-state index contributed by atoms with van der Waals surface area (Å²) in [6, 6.07) is 9.09. The maximum atomic E-state index is 11.9. The molecule has 0 fully saturated rings. The number of benzene rings is 1. The summed E-state index contributed by atoms with van der Waals surface area (Å²) in [7, 11) is 4.68. The van der Waals surface area contributed by atoms with E-state index in [1.807, 2.05) is 37.3 Å². The fraction of sp³-hybridized carbons (Fsp3) is 0.200. The number of nitrogens with zero attached hydrogens (tertiary/aromatic N) is 1. The number of ether oxygens (including phenoxy) is 3. The molecular weight excluding hydrogens is 332 g/mol. The molecule has 26 heavy (non-hydrogen) atoms. The maximum absolute atomic E-state index is 11.9. The summed E-state index contributed by atoms with van der Waals surface area (Å²) in [4.78, 5) is 16.1. The number of rotatable bonds is 7. The van der Waals surface area contributed by atoms with Gasteiger partial charge in [-0.15, -0.1) is 0 Å². The lowest BCUT2D eigenvalue weighted by atomic mass is 10.1. The highest BCUT2D eigenvalue weighted by Crippen LogP contribution is 2.38. The van der Waals surface area contributed by atoms with Crippen molar-refractivity contribution in [1.82, 2.24) is 4.98 Å². The second-order valence-corrected chi connectivity index (χ2v) is 5.33. The van der Waals surface area contributed by atoms with Crippen molar-refractivity contribution in [1.29, 1.82) is 0 Å². The Labute approximate surface area is 153 Å². The summed E-state index contributed by atoms with van der Waals surface area (Å²) < 4.78 is 15.9. The van der Waals surface area contributed by atoms with Gasteiger partial charge < -0.3 is 19.5 Å². The van der Waals surface area contributed by atoms with Gasteiger partial charge in [0.15, 0.2) is 11.5 Å². The van der Waals surface area contributed by atoms with Crippen LogP contribution in [0, 0.1) is 6.92 Å². The summed E-state index contributed by atoms with van der Waals surface area (Å²) in [6.07, 6.45) is 6.66. The monoisotopic (exact) mass is 354 g/mol. The average molecular weight is 354 g/mol. The number of hydrogen-bond acceptors (Lipinski definition) is 5. The SMILES string of the molecule is COc1cc(/C=C/C=C/C(=O)Nc2cccc(C)n2)cc(OC)c1OC. The van der Waals surface area contributed by atoms with Crippen molar-refractivity contribution in [2.24, 2.45) is 0 Å².